The van der Waals surface area contributed by atoms with E-state index in [4.69, 9.17) is 5.26 Å². The zero-order chi connectivity index (χ0) is 17.0. The Morgan fingerprint density at radius 3 is 2.13 bits per heavy atom. The fraction of sp³-hybridized carbons (Fsp3) is 0.125. The Hall–Kier alpha value is -2.85. The third-order valence-electron chi connectivity index (χ3n) is 3.19. The maximum atomic E-state index is 12.6. The van der Waals surface area contributed by atoms with Crippen LogP contribution in [0, 0.1) is 11.3 Å². The number of carbonyl (C=O) groups is 1. The minimum absolute atomic E-state index is 0.110. The van der Waals surface area contributed by atoms with Crippen molar-refractivity contribution < 1.29 is 13.2 Å². The molecule has 2 aromatic carbocycles. The molecule has 1 N–H and O–H groups in total. The first kappa shape index (κ1) is 16.5. The second-order valence-electron chi connectivity index (χ2n) is 4.84. The van der Waals surface area contributed by atoms with E-state index in [1.54, 1.807) is 24.3 Å². The van der Waals surface area contributed by atoms with Crippen molar-refractivity contribution in [2.75, 3.05) is 16.7 Å². The van der Waals surface area contributed by atoms with Gasteiger partial charge in [-0.2, -0.15) is 5.26 Å². The number of benzene rings is 2. The number of rotatable bonds is 4. The molecule has 0 aliphatic rings. The van der Waals surface area contributed by atoms with Crippen molar-refractivity contribution in [1.29, 1.82) is 5.26 Å². The maximum absolute atomic E-state index is 12.6. The Labute approximate surface area is 135 Å². The lowest BCUT2D eigenvalue weighted by atomic mass is 10.2. The lowest BCUT2D eigenvalue weighted by Gasteiger charge is -2.19. The highest BCUT2D eigenvalue weighted by Gasteiger charge is 2.21. The molecule has 0 heterocycles. The monoisotopic (exact) mass is 329 g/mol. The lowest BCUT2D eigenvalue weighted by molar-refractivity contribution is -0.114. The second kappa shape index (κ2) is 6.50. The molecular weight excluding hydrogens is 314 g/mol. The molecule has 0 aromatic heterocycles. The number of nitrogens with zero attached hydrogens (tertiary/aromatic N) is 2. The Bertz CT molecular complexity index is 851. The van der Waals surface area contributed by atoms with Crippen LogP contribution in [0.1, 0.15) is 12.5 Å². The average molecular weight is 329 g/mol. The van der Waals surface area contributed by atoms with Gasteiger partial charge in [0.25, 0.3) is 10.0 Å². The van der Waals surface area contributed by atoms with Crippen LogP contribution in [0.25, 0.3) is 0 Å². The van der Waals surface area contributed by atoms with Crippen LogP contribution in [0.5, 0.6) is 0 Å². The van der Waals surface area contributed by atoms with Crippen LogP contribution < -0.4 is 9.62 Å². The predicted molar refractivity (Wildman–Crippen MR) is 87.5 cm³/mol. The maximum Gasteiger partial charge on any atom is 0.264 e. The number of hydrogen-bond acceptors (Lipinski definition) is 4. The number of amides is 1. The summed E-state index contributed by atoms with van der Waals surface area (Å²) in [5, 5.41) is 11.4. The number of nitriles is 1. The molecule has 0 atom stereocenters. The van der Waals surface area contributed by atoms with E-state index in [2.05, 4.69) is 5.32 Å². The molecule has 0 saturated carbocycles. The summed E-state index contributed by atoms with van der Waals surface area (Å²) >= 11 is 0. The van der Waals surface area contributed by atoms with Gasteiger partial charge in [-0.3, -0.25) is 9.10 Å². The molecule has 0 fully saturated rings. The largest absolute Gasteiger partial charge is 0.326 e. The molecule has 0 aliphatic carbocycles. The summed E-state index contributed by atoms with van der Waals surface area (Å²) in [6.45, 7) is 1.38. The Balaban J connectivity index is 2.29. The minimum atomic E-state index is -3.72. The molecule has 0 aliphatic heterocycles. The number of anilines is 2. The zero-order valence-corrected chi connectivity index (χ0v) is 13.5. The quantitative estimate of drug-likeness (QED) is 0.932. The van der Waals surface area contributed by atoms with Gasteiger partial charge < -0.3 is 5.32 Å². The number of sulfonamides is 1. The molecule has 2 aromatic rings. The number of carbonyl (C=O) groups excluding carboxylic acids is 1. The van der Waals surface area contributed by atoms with Gasteiger partial charge in [0.2, 0.25) is 5.91 Å². The standard InChI is InChI=1S/C16H15N3O3S/c1-12(20)18-14-5-9-16(10-6-14)23(21,22)19(2)15-7-3-13(11-17)4-8-15/h3-10H,1-2H3,(H,18,20). The fourth-order valence-electron chi connectivity index (χ4n) is 1.96. The summed E-state index contributed by atoms with van der Waals surface area (Å²) in [5.41, 5.74) is 1.44. The summed E-state index contributed by atoms with van der Waals surface area (Å²) < 4.78 is 26.3. The first-order valence-electron chi connectivity index (χ1n) is 6.71. The predicted octanol–water partition coefficient (Wildman–Crippen LogP) is 2.34. The first-order chi connectivity index (χ1) is 10.8. The molecule has 0 bridgehead atoms. The highest BCUT2D eigenvalue weighted by atomic mass is 32.2. The van der Waals surface area contributed by atoms with E-state index >= 15 is 0 Å². The van der Waals surface area contributed by atoms with E-state index < -0.39 is 10.0 Å². The van der Waals surface area contributed by atoms with Crippen LogP contribution in [-0.2, 0) is 14.8 Å². The van der Waals surface area contributed by atoms with Crippen molar-refractivity contribution in [1.82, 2.24) is 0 Å². The molecular formula is C16H15N3O3S. The van der Waals surface area contributed by atoms with Crippen molar-refractivity contribution in [2.24, 2.45) is 0 Å². The second-order valence-corrected chi connectivity index (χ2v) is 6.81. The van der Waals surface area contributed by atoms with Gasteiger partial charge in [0.05, 0.1) is 22.2 Å². The van der Waals surface area contributed by atoms with Gasteiger partial charge >= 0.3 is 0 Å². The van der Waals surface area contributed by atoms with E-state index in [1.165, 1.54) is 38.2 Å². The smallest absolute Gasteiger partial charge is 0.264 e. The van der Waals surface area contributed by atoms with E-state index in [-0.39, 0.29) is 10.8 Å². The average Bonchev–Trinajstić information content (AvgIpc) is 2.54. The van der Waals surface area contributed by atoms with Crippen molar-refractivity contribution in [2.45, 2.75) is 11.8 Å². The van der Waals surface area contributed by atoms with Crippen LogP contribution in [-0.4, -0.2) is 21.4 Å². The van der Waals surface area contributed by atoms with Crippen molar-refractivity contribution in [3.8, 4) is 6.07 Å². The highest BCUT2D eigenvalue weighted by molar-refractivity contribution is 7.92. The van der Waals surface area contributed by atoms with Gasteiger partial charge in [0.1, 0.15) is 0 Å². The number of hydrogen-bond donors (Lipinski definition) is 1. The zero-order valence-electron chi connectivity index (χ0n) is 12.6. The van der Waals surface area contributed by atoms with Crippen LogP contribution in [0.4, 0.5) is 11.4 Å². The van der Waals surface area contributed by atoms with Crippen molar-refractivity contribution in [3.63, 3.8) is 0 Å². The normalized spacial score (nSPS) is 10.7. The Morgan fingerprint density at radius 2 is 1.65 bits per heavy atom. The summed E-state index contributed by atoms with van der Waals surface area (Å²) in [7, 11) is -2.28. The van der Waals surface area contributed by atoms with E-state index in [1.807, 2.05) is 6.07 Å². The Morgan fingerprint density at radius 1 is 1.09 bits per heavy atom. The van der Waals surface area contributed by atoms with Crippen LogP contribution in [0.15, 0.2) is 53.4 Å². The summed E-state index contributed by atoms with van der Waals surface area (Å²) in [6.07, 6.45) is 0. The summed E-state index contributed by atoms with van der Waals surface area (Å²) in [4.78, 5) is 11.1. The van der Waals surface area contributed by atoms with Crippen LogP contribution in [0.3, 0.4) is 0 Å². The minimum Gasteiger partial charge on any atom is -0.326 e. The summed E-state index contributed by atoms with van der Waals surface area (Å²) in [5.74, 6) is -0.227. The van der Waals surface area contributed by atoms with Crippen LogP contribution in [0.2, 0.25) is 0 Å². The molecule has 7 heteroatoms. The molecule has 118 valence electrons. The van der Waals surface area contributed by atoms with E-state index in [0.29, 0.717) is 16.9 Å². The van der Waals surface area contributed by atoms with E-state index in [9.17, 15) is 13.2 Å². The molecule has 0 unspecified atom stereocenters. The Kier molecular flexibility index (Phi) is 4.67. The molecule has 6 nitrogen and oxygen atoms in total. The van der Waals surface area contributed by atoms with Gasteiger partial charge in [0, 0.05) is 19.7 Å². The SMILES string of the molecule is CC(=O)Nc1ccc(S(=O)(=O)N(C)c2ccc(C#N)cc2)cc1. The molecule has 0 saturated heterocycles. The molecule has 23 heavy (non-hydrogen) atoms. The third-order valence-corrected chi connectivity index (χ3v) is 4.99. The number of nitrogens with one attached hydrogen (secondary N) is 1. The third kappa shape index (κ3) is 3.67. The highest BCUT2D eigenvalue weighted by Crippen LogP contribution is 2.23. The topological polar surface area (TPSA) is 90.3 Å². The van der Waals surface area contributed by atoms with Crippen LogP contribution >= 0.6 is 0 Å². The first-order valence-corrected chi connectivity index (χ1v) is 8.15. The van der Waals surface area contributed by atoms with Crippen molar-refractivity contribution in [3.05, 3.63) is 54.1 Å². The van der Waals surface area contributed by atoms with Gasteiger partial charge in [-0.05, 0) is 48.5 Å². The molecule has 0 radical (unpaired) electrons. The molecule has 0 spiro atoms. The van der Waals surface area contributed by atoms with Gasteiger partial charge in [-0.1, -0.05) is 0 Å². The summed E-state index contributed by atoms with van der Waals surface area (Å²) in [6, 6.07) is 14.2. The molecule has 2 rings (SSSR count). The fourth-order valence-corrected chi connectivity index (χ4v) is 3.15. The van der Waals surface area contributed by atoms with Crippen molar-refractivity contribution >= 4 is 27.3 Å². The van der Waals surface area contributed by atoms with Gasteiger partial charge in [-0.25, -0.2) is 8.42 Å². The van der Waals surface area contributed by atoms with E-state index in [0.717, 1.165) is 4.31 Å². The van der Waals surface area contributed by atoms with Gasteiger partial charge in [0.15, 0.2) is 0 Å². The molecule has 1 amide bonds. The van der Waals surface area contributed by atoms with Gasteiger partial charge in [-0.15, -0.1) is 0 Å². The lowest BCUT2D eigenvalue weighted by Crippen LogP contribution is -2.26.